The molecular formula is C17H18N2O2. The Labute approximate surface area is 123 Å². The Hall–Kier alpha value is -2.17. The number of hydrogen-bond acceptors (Lipinski definition) is 3. The molecule has 108 valence electrons. The topological polar surface area (TPSA) is 64.3 Å². The van der Waals surface area contributed by atoms with Gasteiger partial charge >= 0.3 is 0 Å². The number of benzene rings is 2. The molecule has 0 saturated carbocycles. The standard InChI is InChI=1S/C17H18N2O2/c18-16-11-21-10-15(16)17(20)19-14-8-6-13(7-9-14)12-4-2-1-3-5-12/h1-9,15-16H,10-11,18H2,(H,19,20). The average molecular weight is 282 g/mol. The lowest BCUT2D eigenvalue weighted by atomic mass is 10.0. The Morgan fingerprint density at radius 2 is 1.67 bits per heavy atom. The number of rotatable bonds is 3. The highest BCUT2D eigenvalue weighted by Gasteiger charge is 2.31. The zero-order valence-electron chi connectivity index (χ0n) is 11.7. The predicted octanol–water partition coefficient (Wildman–Crippen LogP) is 2.27. The van der Waals surface area contributed by atoms with E-state index in [4.69, 9.17) is 10.5 Å². The molecule has 1 amide bonds. The minimum absolute atomic E-state index is 0.0764. The Balaban J connectivity index is 1.69. The first kappa shape index (κ1) is 13.8. The van der Waals surface area contributed by atoms with Crippen molar-refractivity contribution < 1.29 is 9.53 Å². The number of nitrogens with one attached hydrogen (secondary N) is 1. The Kier molecular flexibility index (Phi) is 3.99. The summed E-state index contributed by atoms with van der Waals surface area (Å²) in [7, 11) is 0. The smallest absolute Gasteiger partial charge is 0.231 e. The van der Waals surface area contributed by atoms with Crippen molar-refractivity contribution in [3.8, 4) is 11.1 Å². The molecule has 2 aromatic carbocycles. The van der Waals surface area contributed by atoms with Crippen molar-refractivity contribution in [1.82, 2.24) is 0 Å². The zero-order valence-corrected chi connectivity index (χ0v) is 11.7. The maximum Gasteiger partial charge on any atom is 0.231 e. The fraction of sp³-hybridized carbons (Fsp3) is 0.235. The van der Waals surface area contributed by atoms with Crippen molar-refractivity contribution in [3.05, 3.63) is 54.6 Å². The highest BCUT2D eigenvalue weighted by Crippen LogP contribution is 2.22. The second-order valence-corrected chi connectivity index (χ2v) is 5.24. The zero-order chi connectivity index (χ0) is 14.7. The lowest BCUT2D eigenvalue weighted by Gasteiger charge is -2.13. The summed E-state index contributed by atoms with van der Waals surface area (Å²) in [6.07, 6.45) is 0. The van der Waals surface area contributed by atoms with Gasteiger partial charge in [-0.25, -0.2) is 0 Å². The molecule has 3 rings (SSSR count). The van der Waals surface area contributed by atoms with Gasteiger partial charge in [-0.15, -0.1) is 0 Å². The van der Waals surface area contributed by atoms with Crippen LogP contribution in [0.25, 0.3) is 11.1 Å². The summed E-state index contributed by atoms with van der Waals surface area (Å²) in [5, 5.41) is 2.89. The van der Waals surface area contributed by atoms with Crippen molar-refractivity contribution in [2.24, 2.45) is 11.7 Å². The van der Waals surface area contributed by atoms with E-state index in [0.29, 0.717) is 13.2 Å². The lowest BCUT2D eigenvalue weighted by Crippen LogP contribution is -2.37. The number of nitrogens with two attached hydrogens (primary N) is 1. The molecule has 0 aromatic heterocycles. The molecule has 1 aliphatic heterocycles. The van der Waals surface area contributed by atoms with E-state index in [-0.39, 0.29) is 17.9 Å². The van der Waals surface area contributed by atoms with Crippen LogP contribution in [0.4, 0.5) is 5.69 Å². The molecule has 3 N–H and O–H groups in total. The Morgan fingerprint density at radius 1 is 1.00 bits per heavy atom. The van der Waals surface area contributed by atoms with Gasteiger partial charge in [0.15, 0.2) is 0 Å². The van der Waals surface area contributed by atoms with E-state index >= 15 is 0 Å². The molecule has 4 nitrogen and oxygen atoms in total. The van der Waals surface area contributed by atoms with E-state index in [2.05, 4.69) is 17.4 Å². The average Bonchev–Trinajstić information content (AvgIpc) is 2.95. The van der Waals surface area contributed by atoms with E-state index < -0.39 is 0 Å². The summed E-state index contributed by atoms with van der Waals surface area (Å²) in [4.78, 5) is 12.1. The number of amides is 1. The van der Waals surface area contributed by atoms with Crippen LogP contribution in [0.2, 0.25) is 0 Å². The molecule has 1 fully saturated rings. The molecule has 4 heteroatoms. The van der Waals surface area contributed by atoms with Gasteiger partial charge in [-0.2, -0.15) is 0 Å². The van der Waals surface area contributed by atoms with Gasteiger partial charge in [0, 0.05) is 11.7 Å². The molecular weight excluding hydrogens is 264 g/mol. The van der Waals surface area contributed by atoms with Gasteiger partial charge in [0.1, 0.15) is 0 Å². The number of ether oxygens (including phenoxy) is 1. The van der Waals surface area contributed by atoms with Crippen molar-refractivity contribution in [2.45, 2.75) is 6.04 Å². The first-order chi connectivity index (χ1) is 10.2. The first-order valence-corrected chi connectivity index (χ1v) is 7.04. The molecule has 0 aliphatic carbocycles. The van der Waals surface area contributed by atoms with E-state index in [1.165, 1.54) is 0 Å². The van der Waals surface area contributed by atoms with E-state index in [0.717, 1.165) is 16.8 Å². The van der Waals surface area contributed by atoms with E-state index in [1.807, 2.05) is 42.5 Å². The fourth-order valence-electron chi connectivity index (χ4n) is 2.45. The monoisotopic (exact) mass is 282 g/mol. The van der Waals surface area contributed by atoms with Crippen molar-refractivity contribution in [1.29, 1.82) is 0 Å². The Morgan fingerprint density at radius 3 is 2.29 bits per heavy atom. The quantitative estimate of drug-likeness (QED) is 0.907. The van der Waals surface area contributed by atoms with Crippen LogP contribution < -0.4 is 11.1 Å². The molecule has 0 spiro atoms. The van der Waals surface area contributed by atoms with E-state index in [9.17, 15) is 4.79 Å². The minimum Gasteiger partial charge on any atom is -0.379 e. The van der Waals surface area contributed by atoms with Crippen LogP contribution in [0, 0.1) is 5.92 Å². The van der Waals surface area contributed by atoms with Gasteiger partial charge in [-0.05, 0) is 23.3 Å². The van der Waals surface area contributed by atoms with Crippen LogP contribution in [-0.4, -0.2) is 25.2 Å². The summed E-state index contributed by atoms with van der Waals surface area (Å²) in [6, 6.07) is 17.7. The van der Waals surface area contributed by atoms with Gasteiger partial charge in [0.25, 0.3) is 0 Å². The molecule has 1 aliphatic rings. The van der Waals surface area contributed by atoms with Gasteiger partial charge < -0.3 is 15.8 Å². The maximum atomic E-state index is 12.1. The second kappa shape index (κ2) is 6.08. The number of carbonyl (C=O) groups excluding carboxylic acids is 1. The summed E-state index contributed by atoms with van der Waals surface area (Å²) in [5.41, 5.74) is 8.90. The van der Waals surface area contributed by atoms with Crippen molar-refractivity contribution in [2.75, 3.05) is 18.5 Å². The summed E-state index contributed by atoms with van der Waals surface area (Å²) >= 11 is 0. The van der Waals surface area contributed by atoms with Crippen molar-refractivity contribution >= 4 is 11.6 Å². The molecule has 0 radical (unpaired) electrons. The van der Waals surface area contributed by atoms with Gasteiger partial charge in [-0.1, -0.05) is 42.5 Å². The molecule has 1 saturated heterocycles. The molecule has 2 aromatic rings. The first-order valence-electron chi connectivity index (χ1n) is 7.04. The fourth-order valence-corrected chi connectivity index (χ4v) is 2.45. The van der Waals surface area contributed by atoms with Crippen LogP contribution in [0.15, 0.2) is 54.6 Å². The van der Waals surface area contributed by atoms with Gasteiger partial charge in [0.2, 0.25) is 5.91 Å². The highest BCUT2D eigenvalue weighted by molar-refractivity contribution is 5.93. The number of anilines is 1. The Bertz CT molecular complexity index is 610. The molecule has 21 heavy (non-hydrogen) atoms. The SMILES string of the molecule is NC1COCC1C(=O)Nc1ccc(-c2ccccc2)cc1. The summed E-state index contributed by atoms with van der Waals surface area (Å²) < 4.78 is 5.22. The summed E-state index contributed by atoms with van der Waals surface area (Å²) in [5.74, 6) is -0.341. The third kappa shape index (κ3) is 3.12. The highest BCUT2D eigenvalue weighted by atomic mass is 16.5. The second-order valence-electron chi connectivity index (χ2n) is 5.24. The van der Waals surface area contributed by atoms with Crippen LogP contribution in [-0.2, 0) is 9.53 Å². The molecule has 1 heterocycles. The van der Waals surface area contributed by atoms with Crippen LogP contribution in [0.5, 0.6) is 0 Å². The summed E-state index contributed by atoms with van der Waals surface area (Å²) in [6.45, 7) is 0.847. The molecule has 2 atom stereocenters. The lowest BCUT2D eigenvalue weighted by molar-refractivity contribution is -0.120. The van der Waals surface area contributed by atoms with Crippen molar-refractivity contribution in [3.63, 3.8) is 0 Å². The maximum absolute atomic E-state index is 12.1. The molecule has 0 bridgehead atoms. The normalized spacial score (nSPS) is 21.2. The largest absolute Gasteiger partial charge is 0.379 e. The van der Waals surface area contributed by atoms with Gasteiger partial charge in [-0.3, -0.25) is 4.79 Å². The number of carbonyl (C=O) groups is 1. The van der Waals surface area contributed by atoms with Crippen LogP contribution in [0.1, 0.15) is 0 Å². The van der Waals surface area contributed by atoms with E-state index in [1.54, 1.807) is 0 Å². The third-order valence-corrected chi connectivity index (χ3v) is 3.72. The predicted molar refractivity (Wildman–Crippen MR) is 82.8 cm³/mol. The minimum atomic E-state index is -0.265. The van der Waals surface area contributed by atoms with Crippen LogP contribution in [0.3, 0.4) is 0 Å². The van der Waals surface area contributed by atoms with Crippen LogP contribution >= 0.6 is 0 Å². The third-order valence-electron chi connectivity index (χ3n) is 3.72. The van der Waals surface area contributed by atoms with Gasteiger partial charge in [0.05, 0.1) is 19.1 Å². The number of hydrogen-bond donors (Lipinski definition) is 2. The molecule has 2 unspecified atom stereocenters.